The van der Waals surface area contributed by atoms with Crippen LogP contribution in [0.25, 0.3) is 0 Å². The number of piperidine rings is 1. The molecule has 5 heteroatoms. The smallest absolute Gasteiger partial charge is 0.179 e. The third kappa shape index (κ3) is 3.11. The Kier molecular flexibility index (Phi) is 4.04. The zero-order valence-electron chi connectivity index (χ0n) is 9.90. The fourth-order valence-corrected chi connectivity index (χ4v) is 2.18. The van der Waals surface area contributed by atoms with Crippen LogP contribution in [-0.4, -0.2) is 41.5 Å². The van der Waals surface area contributed by atoms with E-state index in [4.69, 9.17) is 0 Å². The molecule has 0 radical (unpaired) electrons. The van der Waals surface area contributed by atoms with E-state index in [2.05, 4.69) is 0 Å². The van der Waals surface area contributed by atoms with Gasteiger partial charge in [0.1, 0.15) is 11.6 Å². The first-order chi connectivity index (χ1) is 8.56. The van der Waals surface area contributed by atoms with Gasteiger partial charge in [-0.05, 0) is 31.5 Å². The normalized spacial score (nSPS) is 20.9. The second-order valence-corrected chi connectivity index (χ2v) is 4.58. The number of β-amino-alcohol motifs (C(OH)–C–C–N with tert-alkyl or cyclic N) is 1. The minimum Gasteiger partial charge on any atom is -0.392 e. The Morgan fingerprint density at radius 3 is 2.89 bits per heavy atom. The van der Waals surface area contributed by atoms with Gasteiger partial charge in [0.15, 0.2) is 5.78 Å². The third-order valence-electron chi connectivity index (χ3n) is 3.08. The molecule has 0 bridgehead atoms. The van der Waals surface area contributed by atoms with E-state index in [1.165, 1.54) is 0 Å². The highest BCUT2D eigenvalue weighted by atomic mass is 19.1. The highest BCUT2D eigenvalue weighted by molar-refractivity contribution is 5.97. The Labute approximate surface area is 104 Å². The van der Waals surface area contributed by atoms with Crippen molar-refractivity contribution in [3.05, 3.63) is 35.4 Å². The average Bonchev–Trinajstić information content (AvgIpc) is 2.28. The lowest BCUT2D eigenvalue weighted by molar-refractivity contribution is 0.0632. The summed E-state index contributed by atoms with van der Waals surface area (Å²) in [5.74, 6) is -1.92. The van der Waals surface area contributed by atoms with Crippen LogP contribution in [0.2, 0.25) is 0 Å². The second-order valence-electron chi connectivity index (χ2n) is 4.58. The predicted molar refractivity (Wildman–Crippen MR) is 62.4 cm³/mol. The van der Waals surface area contributed by atoms with Crippen molar-refractivity contribution in [2.24, 2.45) is 0 Å². The minimum absolute atomic E-state index is 0.0552. The Morgan fingerprint density at radius 1 is 1.44 bits per heavy atom. The van der Waals surface area contributed by atoms with Gasteiger partial charge >= 0.3 is 0 Å². The van der Waals surface area contributed by atoms with Gasteiger partial charge in [-0.25, -0.2) is 8.78 Å². The summed E-state index contributed by atoms with van der Waals surface area (Å²) < 4.78 is 26.1. The number of hydrogen-bond donors (Lipinski definition) is 1. The number of carbonyl (C=O) groups excluding carboxylic acids is 1. The molecule has 1 aromatic rings. The maximum absolute atomic E-state index is 13.4. The largest absolute Gasteiger partial charge is 0.392 e. The lowest BCUT2D eigenvalue weighted by Gasteiger charge is -2.29. The number of likely N-dealkylation sites (tertiary alicyclic amines) is 1. The Hall–Kier alpha value is -1.33. The number of aliphatic hydroxyl groups is 1. The summed E-state index contributed by atoms with van der Waals surface area (Å²) in [6.45, 7) is 1.19. The number of ketones is 1. The fourth-order valence-electron chi connectivity index (χ4n) is 2.18. The standard InChI is InChI=1S/C13H15F2NO2/c14-9-3-4-11(12(15)6-9)13(18)8-16-5-1-2-10(17)7-16/h3-4,6,10,17H,1-2,5,7-8H2. The summed E-state index contributed by atoms with van der Waals surface area (Å²) in [6.07, 6.45) is 1.13. The van der Waals surface area contributed by atoms with Crippen LogP contribution < -0.4 is 0 Å². The van der Waals surface area contributed by atoms with E-state index in [1.807, 2.05) is 0 Å². The predicted octanol–water partition coefficient (Wildman–Crippen LogP) is 1.60. The van der Waals surface area contributed by atoms with Gasteiger partial charge in [-0.3, -0.25) is 9.69 Å². The summed E-state index contributed by atoms with van der Waals surface area (Å²) in [6, 6.07) is 2.94. The van der Waals surface area contributed by atoms with Crippen molar-refractivity contribution in [2.75, 3.05) is 19.6 Å². The molecule has 0 amide bonds. The molecule has 1 heterocycles. The first kappa shape index (κ1) is 13.1. The second kappa shape index (κ2) is 5.54. The van der Waals surface area contributed by atoms with Gasteiger partial charge in [0, 0.05) is 12.6 Å². The number of benzene rings is 1. The van der Waals surface area contributed by atoms with Crippen LogP contribution in [0.1, 0.15) is 23.2 Å². The molecule has 98 valence electrons. The van der Waals surface area contributed by atoms with Gasteiger partial charge in [0.05, 0.1) is 18.2 Å². The lowest BCUT2D eigenvalue weighted by atomic mass is 10.1. The van der Waals surface area contributed by atoms with Crippen molar-refractivity contribution in [2.45, 2.75) is 18.9 Å². The number of hydrogen-bond acceptors (Lipinski definition) is 3. The maximum atomic E-state index is 13.4. The summed E-state index contributed by atoms with van der Waals surface area (Å²) in [5, 5.41) is 9.48. The monoisotopic (exact) mass is 255 g/mol. The van der Waals surface area contributed by atoms with E-state index < -0.39 is 17.7 Å². The van der Waals surface area contributed by atoms with E-state index in [9.17, 15) is 18.7 Å². The Bertz CT molecular complexity index is 451. The SMILES string of the molecule is O=C(CN1CCCC(O)C1)c1ccc(F)cc1F. The lowest BCUT2D eigenvalue weighted by Crippen LogP contribution is -2.41. The van der Waals surface area contributed by atoms with Crippen LogP contribution in [-0.2, 0) is 0 Å². The number of rotatable bonds is 3. The molecule has 0 aromatic heterocycles. The number of nitrogens with zero attached hydrogens (tertiary/aromatic N) is 1. The van der Waals surface area contributed by atoms with Gasteiger partial charge in [0.25, 0.3) is 0 Å². The Balaban J connectivity index is 2.03. The third-order valence-corrected chi connectivity index (χ3v) is 3.08. The van der Waals surface area contributed by atoms with Crippen LogP contribution in [0, 0.1) is 11.6 Å². The average molecular weight is 255 g/mol. The molecule has 1 fully saturated rings. The molecule has 18 heavy (non-hydrogen) atoms. The van der Waals surface area contributed by atoms with Crippen LogP contribution in [0.4, 0.5) is 8.78 Å². The van der Waals surface area contributed by atoms with Crippen molar-refractivity contribution >= 4 is 5.78 Å². The fraction of sp³-hybridized carbons (Fsp3) is 0.462. The highest BCUT2D eigenvalue weighted by Gasteiger charge is 2.21. The van der Waals surface area contributed by atoms with Crippen LogP contribution in [0.5, 0.6) is 0 Å². The topological polar surface area (TPSA) is 40.5 Å². The van der Waals surface area contributed by atoms with Crippen molar-refractivity contribution in [1.29, 1.82) is 0 Å². The zero-order valence-corrected chi connectivity index (χ0v) is 9.90. The molecule has 1 unspecified atom stereocenters. The molecule has 3 nitrogen and oxygen atoms in total. The van der Waals surface area contributed by atoms with E-state index in [0.717, 1.165) is 25.0 Å². The number of aliphatic hydroxyl groups excluding tert-OH is 1. The number of halogens is 2. The zero-order chi connectivity index (χ0) is 13.1. The van der Waals surface area contributed by atoms with Gasteiger partial charge < -0.3 is 5.11 Å². The van der Waals surface area contributed by atoms with Crippen molar-refractivity contribution < 1.29 is 18.7 Å². The molecule has 1 aromatic carbocycles. The first-order valence-corrected chi connectivity index (χ1v) is 5.95. The molecule has 1 atom stereocenters. The van der Waals surface area contributed by atoms with Gasteiger partial charge in [-0.2, -0.15) is 0 Å². The van der Waals surface area contributed by atoms with E-state index >= 15 is 0 Å². The van der Waals surface area contributed by atoms with Gasteiger partial charge in [0.2, 0.25) is 0 Å². The van der Waals surface area contributed by atoms with Gasteiger partial charge in [-0.1, -0.05) is 0 Å². The van der Waals surface area contributed by atoms with E-state index in [1.54, 1.807) is 4.90 Å². The van der Waals surface area contributed by atoms with Crippen LogP contribution in [0.15, 0.2) is 18.2 Å². The summed E-state index contributed by atoms with van der Waals surface area (Å²) in [4.78, 5) is 13.7. The number of Topliss-reactive ketones (excluding diaryl/α,β-unsaturated/α-hetero) is 1. The molecule has 0 saturated carbocycles. The molecule has 2 rings (SSSR count). The van der Waals surface area contributed by atoms with E-state index in [-0.39, 0.29) is 17.9 Å². The number of carbonyl (C=O) groups is 1. The molecule has 1 aliphatic rings. The van der Waals surface area contributed by atoms with Crippen LogP contribution >= 0.6 is 0 Å². The highest BCUT2D eigenvalue weighted by Crippen LogP contribution is 2.14. The van der Waals surface area contributed by atoms with Crippen LogP contribution in [0.3, 0.4) is 0 Å². The Morgan fingerprint density at radius 2 is 2.22 bits per heavy atom. The molecule has 1 N–H and O–H groups in total. The summed E-state index contributed by atoms with van der Waals surface area (Å²) >= 11 is 0. The molecule has 1 saturated heterocycles. The first-order valence-electron chi connectivity index (χ1n) is 5.95. The van der Waals surface area contributed by atoms with E-state index in [0.29, 0.717) is 19.2 Å². The summed E-state index contributed by atoms with van der Waals surface area (Å²) in [7, 11) is 0. The quantitative estimate of drug-likeness (QED) is 0.834. The molecular formula is C13H15F2NO2. The molecule has 0 spiro atoms. The molecule has 0 aliphatic carbocycles. The maximum Gasteiger partial charge on any atom is 0.179 e. The molecule has 1 aliphatic heterocycles. The molecular weight excluding hydrogens is 240 g/mol. The van der Waals surface area contributed by atoms with Crippen molar-refractivity contribution in [3.8, 4) is 0 Å². The summed E-state index contributed by atoms with van der Waals surface area (Å²) in [5.41, 5.74) is -0.100. The minimum atomic E-state index is -0.836. The van der Waals surface area contributed by atoms with Crippen molar-refractivity contribution in [3.63, 3.8) is 0 Å². The van der Waals surface area contributed by atoms with Crippen molar-refractivity contribution in [1.82, 2.24) is 4.90 Å². The van der Waals surface area contributed by atoms with Gasteiger partial charge in [-0.15, -0.1) is 0 Å².